The first kappa shape index (κ1) is 16.7. The first-order chi connectivity index (χ1) is 9.82. The van der Waals surface area contributed by atoms with Crippen molar-refractivity contribution in [3.8, 4) is 0 Å². The number of nitrogens with one attached hydrogen (secondary N) is 1. The zero-order valence-electron chi connectivity index (χ0n) is 10.8. The molecular formula is C13H11BrClF3N2S. The van der Waals surface area contributed by atoms with Crippen molar-refractivity contribution in [1.29, 1.82) is 0 Å². The molecule has 0 radical (unpaired) electrons. The smallest absolute Gasteiger partial charge is 0.306 e. The minimum absolute atomic E-state index is 0.366. The van der Waals surface area contributed by atoms with Crippen LogP contribution in [0.4, 0.5) is 13.2 Å². The standard InChI is InChI=1S/C13H11BrClF3N2S/c1-2-19-11(8-4-3-7(15)5-9(8)14)10-6-20-12(21-10)13(16,17)18/h3-6,11,19H,2H2,1H3. The lowest BCUT2D eigenvalue weighted by Crippen LogP contribution is -2.21. The summed E-state index contributed by atoms with van der Waals surface area (Å²) in [7, 11) is 0. The summed E-state index contributed by atoms with van der Waals surface area (Å²) < 4.78 is 38.8. The van der Waals surface area contributed by atoms with Crippen molar-refractivity contribution in [3.05, 3.63) is 49.3 Å². The van der Waals surface area contributed by atoms with Crippen LogP contribution < -0.4 is 5.32 Å². The Balaban J connectivity index is 2.41. The molecule has 2 rings (SSSR count). The fraction of sp³-hybridized carbons (Fsp3) is 0.308. The molecule has 21 heavy (non-hydrogen) atoms. The van der Waals surface area contributed by atoms with Gasteiger partial charge in [0.25, 0.3) is 0 Å². The van der Waals surface area contributed by atoms with Crippen LogP contribution >= 0.6 is 38.9 Å². The summed E-state index contributed by atoms with van der Waals surface area (Å²) in [6.07, 6.45) is -3.15. The number of rotatable bonds is 4. The molecule has 1 aromatic carbocycles. The molecule has 0 fully saturated rings. The molecule has 1 atom stereocenters. The molecule has 1 N–H and O–H groups in total. The highest BCUT2D eigenvalue weighted by Gasteiger charge is 2.35. The molecule has 1 aromatic heterocycles. The maximum Gasteiger partial charge on any atom is 0.443 e. The Morgan fingerprint density at radius 2 is 2.14 bits per heavy atom. The number of benzene rings is 1. The quantitative estimate of drug-likeness (QED) is 0.757. The third kappa shape index (κ3) is 3.97. The third-order valence-corrected chi connectivity index (χ3v) is 4.76. The van der Waals surface area contributed by atoms with Crippen LogP contribution in [0.2, 0.25) is 5.02 Å². The van der Waals surface area contributed by atoms with Crippen LogP contribution in [0.25, 0.3) is 0 Å². The van der Waals surface area contributed by atoms with Crippen LogP contribution in [0.1, 0.15) is 28.4 Å². The highest BCUT2D eigenvalue weighted by atomic mass is 79.9. The maximum absolute atomic E-state index is 12.7. The molecule has 8 heteroatoms. The monoisotopic (exact) mass is 398 g/mol. The fourth-order valence-corrected chi connectivity index (χ4v) is 3.64. The Kier molecular flexibility index (Phi) is 5.29. The highest BCUT2D eigenvalue weighted by molar-refractivity contribution is 9.10. The van der Waals surface area contributed by atoms with E-state index in [9.17, 15) is 13.2 Å². The number of thiazole rings is 1. The van der Waals surface area contributed by atoms with E-state index in [0.29, 0.717) is 27.8 Å². The summed E-state index contributed by atoms with van der Waals surface area (Å²) >= 11 is 9.94. The second-order valence-corrected chi connectivity index (χ2v) is 6.58. The highest BCUT2D eigenvalue weighted by Crippen LogP contribution is 2.37. The molecule has 0 spiro atoms. The third-order valence-electron chi connectivity index (χ3n) is 2.73. The van der Waals surface area contributed by atoms with E-state index in [1.165, 1.54) is 6.20 Å². The van der Waals surface area contributed by atoms with Gasteiger partial charge in [-0.15, -0.1) is 11.3 Å². The van der Waals surface area contributed by atoms with Gasteiger partial charge in [-0.3, -0.25) is 0 Å². The Labute approximate surface area is 137 Å². The van der Waals surface area contributed by atoms with Gasteiger partial charge in [0, 0.05) is 20.6 Å². The van der Waals surface area contributed by atoms with Crippen molar-refractivity contribution in [1.82, 2.24) is 10.3 Å². The van der Waals surface area contributed by atoms with Crippen molar-refractivity contribution in [2.45, 2.75) is 19.1 Å². The molecule has 0 aliphatic rings. The van der Waals surface area contributed by atoms with Gasteiger partial charge in [-0.2, -0.15) is 13.2 Å². The van der Waals surface area contributed by atoms with Gasteiger partial charge in [0.15, 0.2) is 5.01 Å². The molecule has 0 saturated heterocycles. The zero-order valence-corrected chi connectivity index (χ0v) is 14.0. The summed E-state index contributed by atoms with van der Waals surface area (Å²) in [6, 6.07) is 4.84. The van der Waals surface area contributed by atoms with Crippen molar-refractivity contribution in [2.24, 2.45) is 0 Å². The van der Waals surface area contributed by atoms with Crippen molar-refractivity contribution < 1.29 is 13.2 Å². The molecule has 2 nitrogen and oxygen atoms in total. The molecule has 0 saturated carbocycles. The van der Waals surface area contributed by atoms with Gasteiger partial charge >= 0.3 is 6.18 Å². The van der Waals surface area contributed by atoms with Crippen LogP contribution in [-0.4, -0.2) is 11.5 Å². The van der Waals surface area contributed by atoms with Crippen LogP contribution in [0, 0.1) is 0 Å². The predicted octanol–water partition coefficient (Wildman–Crippen LogP) is 5.28. The topological polar surface area (TPSA) is 24.9 Å². The number of halogens is 5. The van der Waals surface area contributed by atoms with E-state index >= 15 is 0 Å². The number of nitrogens with zero attached hydrogens (tertiary/aromatic N) is 1. The van der Waals surface area contributed by atoms with E-state index in [2.05, 4.69) is 26.2 Å². The minimum Gasteiger partial charge on any atom is -0.306 e. The van der Waals surface area contributed by atoms with E-state index in [1.807, 2.05) is 6.92 Å². The minimum atomic E-state index is -4.42. The van der Waals surface area contributed by atoms with E-state index < -0.39 is 11.2 Å². The van der Waals surface area contributed by atoms with Gasteiger partial charge in [-0.05, 0) is 24.2 Å². The van der Waals surface area contributed by atoms with E-state index in [0.717, 1.165) is 10.0 Å². The van der Waals surface area contributed by atoms with Gasteiger partial charge in [-0.25, -0.2) is 4.98 Å². The predicted molar refractivity (Wildman–Crippen MR) is 81.8 cm³/mol. The van der Waals surface area contributed by atoms with Gasteiger partial charge in [0.1, 0.15) is 0 Å². The molecule has 1 heterocycles. The Morgan fingerprint density at radius 3 is 2.67 bits per heavy atom. The van der Waals surface area contributed by atoms with Crippen LogP contribution in [-0.2, 0) is 6.18 Å². The molecule has 0 aliphatic carbocycles. The van der Waals surface area contributed by atoms with Gasteiger partial charge in [0.2, 0.25) is 0 Å². The normalized spacial score (nSPS) is 13.4. The largest absolute Gasteiger partial charge is 0.443 e. The average molecular weight is 400 g/mol. The number of hydrogen-bond donors (Lipinski definition) is 1. The summed E-state index contributed by atoms with van der Waals surface area (Å²) in [5, 5.41) is 2.88. The first-order valence-corrected chi connectivity index (χ1v) is 8.03. The number of aromatic nitrogens is 1. The molecule has 1 unspecified atom stereocenters. The van der Waals surface area contributed by atoms with E-state index in [1.54, 1.807) is 18.2 Å². The fourth-order valence-electron chi connectivity index (χ4n) is 1.85. The van der Waals surface area contributed by atoms with Crippen molar-refractivity contribution >= 4 is 38.9 Å². The first-order valence-electron chi connectivity index (χ1n) is 6.04. The molecule has 114 valence electrons. The molecule has 0 amide bonds. The van der Waals surface area contributed by atoms with Gasteiger partial charge in [-0.1, -0.05) is 40.5 Å². The lowest BCUT2D eigenvalue weighted by atomic mass is 10.1. The lowest BCUT2D eigenvalue weighted by Gasteiger charge is -2.18. The molecule has 2 aromatic rings. The lowest BCUT2D eigenvalue weighted by molar-refractivity contribution is -0.137. The summed E-state index contributed by atoms with van der Waals surface area (Å²) in [5.41, 5.74) is 0.818. The molecular weight excluding hydrogens is 389 g/mol. The second kappa shape index (κ2) is 6.64. The summed E-state index contributed by atoms with van der Waals surface area (Å²) in [6.45, 7) is 2.50. The Morgan fingerprint density at radius 1 is 1.43 bits per heavy atom. The Hall–Kier alpha value is -0.630. The van der Waals surface area contributed by atoms with E-state index in [-0.39, 0.29) is 6.04 Å². The summed E-state index contributed by atoms with van der Waals surface area (Å²) in [5.74, 6) is 0. The van der Waals surface area contributed by atoms with E-state index in [4.69, 9.17) is 11.6 Å². The number of hydrogen-bond acceptors (Lipinski definition) is 3. The van der Waals surface area contributed by atoms with Crippen molar-refractivity contribution in [2.75, 3.05) is 6.54 Å². The number of alkyl halides is 3. The van der Waals surface area contributed by atoms with Gasteiger partial charge < -0.3 is 5.32 Å². The SMILES string of the molecule is CCNC(c1cnc(C(F)(F)F)s1)c1ccc(Cl)cc1Br. The van der Waals surface area contributed by atoms with Crippen LogP contribution in [0.5, 0.6) is 0 Å². The van der Waals surface area contributed by atoms with Gasteiger partial charge in [0.05, 0.1) is 6.04 Å². The zero-order chi connectivity index (χ0) is 15.6. The van der Waals surface area contributed by atoms with Crippen molar-refractivity contribution in [3.63, 3.8) is 0 Å². The Bertz CT molecular complexity index is 630. The van der Waals surface area contributed by atoms with Crippen LogP contribution in [0.15, 0.2) is 28.9 Å². The summed E-state index contributed by atoms with van der Waals surface area (Å²) in [4.78, 5) is 3.98. The average Bonchev–Trinajstić information content (AvgIpc) is 2.86. The molecule has 0 bridgehead atoms. The second-order valence-electron chi connectivity index (χ2n) is 4.22. The molecule has 0 aliphatic heterocycles. The van der Waals surface area contributed by atoms with Crippen LogP contribution in [0.3, 0.4) is 0 Å². The maximum atomic E-state index is 12.7.